The van der Waals surface area contributed by atoms with E-state index in [0.29, 0.717) is 24.7 Å². The zero-order chi connectivity index (χ0) is 19.5. The Kier molecular flexibility index (Phi) is 12.5. The molecular weight excluding hydrogens is 339 g/mol. The van der Waals surface area contributed by atoms with E-state index >= 15 is 0 Å². The van der Waals surface area contributed by atoms with Gasteiger partial charge in [-0.2, -0.15) is 0 Å². The number of phosphoric acid groups is 1. The Bertz CT molecular complexity index is 362. The number of hydrogen-bond donors (Lipinski definition) is 3. The van der Waals surface area contributed by atoms with Crippen LogP contribution in [-0.4, -0.2) is 26.6 Å². The molecule has 0 radical (unpaired) electrons. The summed E-state index contributed by atoms with van der Waals surface area (Å²) in [6.45, 7) is 10.1. The number of aliphatic hydroxyl groups excluding tert-OH is 1. The highest BCUT2D eigenvalue weighted by atomic mass is 31.2. The summed E-state index contributed by atoms with van der Waals surface area (Å²) < 4.78 is 17.0. The molecule has 0 spiro atoms. The lowest BCUT2D eigenvalue weighted by Gasteiger charge is -2.41. The van der Waals surface area contributed by atoms with E-state index in [1.807, 2.05) is 0 Å². The molecule has 0 amide bonds. The maximum atomic E-state index is 11.7. The fourth-order valence-electron chi connectivity index (χ4n) is 3.68. The predicted octanol–water partition coefficient (Wildman–Crippen LogP) is 5.43. The van der Waals surface area contributed by atoms with Gasteiger partial charge in [-0.15, -0.1) is 0 Å². The molecule has 152 valence electrons. The second-order valence-corrected chi connectivity index (χ2v) is 8.73. The molecule has 3 N–H and O–H groups in total. The third kappa shape index (κ3) is 10.1. The van der Waals surface area contributed by atoms with E-state index < -0.39 is 19.5 Å². The molecule has 3 atom stereocenters. The Balaban J connectivity index is 5.51. The van der Waals surface area contributed by atoms with Crippen LogP contribution in [-0.2, 0) is 9.09 Å². The van der Waals surface area contributed by atoms with Crippen LogP contribution in [0.3, 0.4) is 0 Å². The van der Waals surface area contributed by atoms with Gasteiger partial charge < -0.3 is 14.9 Å². The van der Waals surface area contributed by atoms with E-state index in [9.17, 15) is 19.5 Å². The lowest BCUT2D eigenvalue weighted by Crippen LogP contribution is -2.46. The van der Waals surface area contributed by atoms with Gasteiger partial charge in [-0.1, -0.05) is 79.1 Å². The highest BCUT2D eigenvalue weighted by Gasteiger charge is 2.44. The van der Waals surface area contributed by atoms with Gasteiger partial charge in [-0.25, -0.2) is 4.57 Å². The second kappa shape index (κ2) is 12.5. The zero-order valence-corrected chi connectivity index (χ0v) is 17.8. The van der Waals surface area contributed by atoms with Gasteiger partial charge in [0.25, 0.3) is 0 Å². The largest absolute Gasteiger partial charge is 0.470 e. The summed E-state index contributed by atoms with van der Waals surface area (Å²) in [5, 5.41) is 10.5. The first kappa shape index (κ1) is 25.1. The zero-order valence-electron chi connectivity index (χ0n) is 16.9. The molecule has 0 fully saturated rings. The van der Waals surface area contributed by atoms with Crippen LogP contribution in [0.25, 0.3) is 0 Å². The minimum atomic E-state index is -4.69. The van der Waals surface area contributed by atoms with Crippen LogP contribution in [0, 0.1) is 11.8 Å². The van der Waals surface area contributed by atoms with E-state index in [0.717, 1.165) is 51.4 Å². The van der Waals surface area contributed by atoms with Crippen LogP contribution in [0.2, 0.25) is 0 Å². The Hall–Kier alpha value is 0.0700. The lowest BCUT2D eigenvalue weighted by molar-refractivity contribution is -0.0909. The Morgan fingerprint density at radius 2 is 1.32 bits per heavy atom. The van der Waals surface area contributed by atoms with Crippen LogP contribution in [0.15, 0.2) is 0 Å². The van der Waals surface area contributed by atoms with Crippen molar-refractivity contribution in [2.45, 2.75) is 111 Å². The third-order valence-corrected chi connectivity index (χ3v) is 6.02. The summed E-state index contributed by atoms with van der Waals surface area (Å²) in [7, 11) is -4.69. The lowest BCUT2D eigenvalue weighted by atomic mass is 9.76. The summed E-state index contributed by atoms with van der Waals surface area (Å²) in [5.41, 5.74) is -1.18. The molecule has 0 heterocycles. The fraction of sp³-hybridized carbons (Fsp3) is 1.00. The van der Waals surface area contributed by atoms with E-state index in [1.165, 1.54) is 0 Å². The topological polar surface area (TPSA) is 87.0 Å². The standard InChI is InChI=1S/C19H41O5P/c1-6-10-12-17(8-3)14-19(16(5)20,24-25(21,22)23)15-18(9-4)13-11-7-2/h16-18,20H,6-15H2,1-5H3,(H2,21,22,23). The van der Waals surface area contributed by atoms with Crippen molar-refractivity contribution in [3.8, 4) is 0 Å². The first-order valence-corrected chi connectivity index (χ1v) is 11.6. The normalized spacial score (nSPS) is 18.6. The van der Waals surface area contributed by atoms with Gasteiger partial charge in [0.2, 0.25) is 0 Å². The molecule has 0 rings (SSSR count). The maximum Gasteiger partial charge on any atom is 0.470 e. The molecule has 0 aliphatic carbocycles. The Labute approximate surface area is 154 Å². The average molecular weight is 381 g/mol. The molecule has 25 heavy (non-hydrogen) atoms. The van der Waals surface area contributed by atoms with Crippen LogP contribution in [0.1, 0.15) is 98.8 Å². The maximum absolute atomic E-state index is 11.7. The molecule has 5 nitrogen and oxygen atoms in total. The average Bonchev–Trinajstić information content (AvgIpc) is 2.53. The fourth-order valence-corrected chi connectivity index (χ4v) is 4.45. The van der Waals surface area contributed by atoms with Crippen molar-refractivity contribution in [1.29, 1.82) is 0 Å². The highest BCUT2D eigenvalue weighted by molar-refractivity contribution is 7.46. The minimum Gasteiger partial charge on any atom is -0.390 e. The van der Waals surface area contributed by atoms with Gasteiger partial charge in [-0.3, -0.25) is 4.52 Å². The number of hydrogen-bond acceptors (Lipinski definition) is 3. The van der Waals surface area contributed by atoms with Gasteiger partial charge in [-0.05, 0) is 31.6 Å². The number of aliphatic hydroxyl groups is 1. The quantitative estimate of drug-likeness (QED) is 0.330. The Morgan fingerprint density at radius 3 is 1.56 bits per heavy atom. The van der Waals surface area contributed by atoms with Crippen molar-refractivity contribution in [2.75, 3.05) is 0 Å². The molecule has 0 aromatic carbocycles. The first-order chi connectivity index (χ1) is 11.6. The van der Waals surface area contributed by atoms with Gasteiger partial charge in [0, 0.05) is 0 Å². The molecule has 0 bridgehead atoms. The van der Waals surface area contributed by atoms with Crippen molar-refractivity contribution in [3.63, 3.8) is 0 Å². The molecular formula is C19H41O5P. The SMILES string of the molecule is CCCCC(CC)CC(CC(CC)CCCC)(OP(=O)(O)O)C(C)O. The van der Waals surface area contributed by atoms with Crippen molar-refractivity contribution in [1.82, 2.24) is 0 Å². The molecule has 0 aromatic heterocycles. The van der Waals surface area contributed by atoms with Crippen LogP contribution in [0.5, 0.6) is 0 Å². The molecule has 3 unspecified atom stereocenters. The van der Waals surface area contributed by atoms with Crippen molar-refractivity contribution >= 4 is 7.82 Å². The summed E-state index contributed by atoms with van der Waals surface area (Å²) >= 11 is 0. The van der Waals surface area contributed by atoms with Crippen molar-refractivity contribution in [2.24, 2.45) is 11.8 Å². The molecule has 0 aromatic rings. The van der Waals surface area contributed by atoms with Crippen LogP contribution < -0.4 is 0 Å². The van der Waals surface area contributed by atoms with Gasteiger partial charge in [0.1, 0.15) is 5.60 Å². The molecule has 0 aliphatic heterocycles. The number of rotatable bonds is 15. The minimum absolute atomic E-state index is 0.296. The van der Waals surface area contributed by atoms with Gasteiger partial charge in [0.15, 0.2) is 0 Å². The molecule has 0 saturated carbocycles. The predicted molar refractivity (Wildman–Crippen MR) is 103 cm³/mol. The molecule has 6 heteroatoms. The van der Waals surface area contributed by atoms with Crippen LogP contribution >= 0.6 is 7.82 Å². The van der Waals surface area contributed by atoms with Gasteiger partial charge >= 0.3 is 7.82 Å². The van der Waals surface area contributed by atoms with E-state index in [2.05, 4.69) is 27.7 Å². The smallest absolute Gasteiger partial charge is 0.390 e. The summed E-state index contributed by atoms with van der Waals surface area (Å²) in [6.07, 6.45) is 8.24. The highest BCUT2D eigenvalue weighted by Crippen LogP contribution is 2.49. The van der Waals surface area contributed by atoms with Crippen LogP contribution in [0.4, 0.5) is 0 Å². The van der Waals surface area contributed by atoms with E-state index in [1.54, 1.807) is 6.92 Å². The Morgan fingerprint density at radius 1 is 0.920 bits per heavy atom. The van der Waals surface area contributed by atoms with Crippen molar-refractivity contribution in [3.05, 3.63) is 0 Å². The number of unbranched alkanes of at least 4 members (excludes halogenated alkanes) is 2. The second-order valence-electron chi connectivity index (χ2n) is 7.56. The summed E-state index contributed by atoms with van der Waals surface area (Å²) in [6, 6.07) is 0. The monoisotopic (exact) mass is 380 g/mol. The first-order valence-electron chi connectivity index (χ1n) is 10.1. The summed E-state index contributed by atoms with van der Waals surface area (Å²) in [4.78, 5) is 19.0. The van der Waals surface area contributed by atoms with Crippen molar-refractivity contribution < 1.29 is 24.0 Å². The van der Waals surface area contributed by atoms with E-state index in [-0.39, 0.29) is 0 Å². The third-order valence-electron chi connectivity index (χ3n) is 5.42. The molecule has 0 aliphatic rings. The molecule has 0 saturated heterocycles. The van der Waals surface area contributed by atoms with Gasteiger partial charge in [0.05, 0.1) is 6.10 Å². The van der Waals surface area contributed by atoms with E-state index in [4.69, 9.17) is 4.52 Å². The number of phosphoric ester groups is 1. The summed E-state index contributed by atoms with van der Waals surface area (Å²) in [5.74, 6) is 0.592.